The van der Waals surface area contributed by atoms with Crippen LogP contribution in [0.15, 0.2) is 24.3 Å². The Balaban J connectivity index is 1.37. The molecule has 0 unspecified atom stereocenters. The third kappa shape index (κ3) is 5.69. The Hall–Kier alpha value is -1.63. The third-order valence-electron chi connectivity index (χ3n) is 5.03. The fraction of sp³-hybridized carbons (Fsp3) is 0.579. The summed E-state index contributed by atoms with van der Waals surface area (Å²) in [5.74, 6) is 0.226. The number of halogens is 1. The van der Waals surface area contributed by atoms with E-state index in [1.807, 2.05) is 4.90 Å². The van der Waals surface area contributed by atoms with Crippen LogP contribution in [0, 0.1) is 0 Å². The minimum absolute atomic E-state index is 0.0230. The van der Waals surface area contributed by atoms with Crippen LogP contribution in [0.1, 0.15) is 19.3 Å². The summed E-state index contributed by atoms with van der Waals surface area (Å²) in [5, 5.41) is 3.54. The van der Waals surface area contributed by atoms with Crippen molar-refractivity contribution in [3.05, 3.63) is 29.3 Å². The van der Waals surface area contributed by atoms with Gasteiger partial charge in [-0.15, -0.1) is 0 Å². The zero-order valence-corrected chi connectivity index (χ0v) is 15.9. The molecule has 0 aliphatic carbocycles. The van der Waals surface area contributed by atoms with Crippen LogP contribution >= 0.6 is 11.6 Å². The number of carbonyl (C=O) groups is 2. The smallest absolute Gasteiger partial charge is 0.238 e. The van der Waals surface area contributed by atoms with Crippen molar-refractivity contribution in [1.29, 1.82) is 0 Å². The number of likely N-dealkylation sites (tertiary alicyclic amines) is 1. The van der Waals surface area contributed by atoms with E-state index in [1.165, 1.54) is 6.42 Å². The van der Waals surface area contributed by atoms with Crippen LogP contribution in [0.2, 0.25) is 5.02 Å². The maximum absolute atomic E-state index is 12.3. The minimum atomic E-state index is -0.0230. The highest BCUT2D eigenvalue weighted by Gasteiger charge is 2.23. The minimum Gasteiger partial charge on any atom is -0.342 e. The number of carbonyl (C=O) groups excluding carboxylic acids is 2. The number of nitrogens with zero attached hydrogens (tertiary/aromatic N) is 3. The molecule has 3 rings (SSSR count). The maximum atomic E-state index is 12.3. The Morgan fingerprint density at radius 2 is 1.42 bits per heavy atom. The lowest BCUT2D eigenvalue weighted by molar-refractivity contribution is -0.134. The Morgan fingerprint density at radius 3 is 2.04 bits per heavy atom. The molecule has 2 heterocycles. The van der Waals surface area contributed by atoms with Crippen molar-refractivity contribution in [2.24, 2.45) is 0 Å². The average Bonchev–Trinajstić information content (AvgIpc) is 2.66. The van der Waals surface area contributed by atoms with Crippen LogP contribution in [0.25, 0.3) is 0 Å². The van der Waals surface area contributed by atoms with Gasteiger partial charge < -0.3 is 10.2 Å². The van der Waals surface area contributed by atoms with Gasteiger partial charge in [-0.25, -0.2) is 0 Å². The summed E-state index contributed by atoms with van der Waals surface area (Å²) in [5.41, 5.74) is 0.755. The molecule has 6 nitrogen and oxygen atoms in total. The van der Waals surface area contributed by atoms with Crippen LogP contribution in [-0.4, -0.2) is 78.9 Å². The van der Waals surface area contributed by atoms with Crippen molar-refractivity contribution in [1.82, 2.24) is 14.7 Å². The van der Waals surface area contributed by atoms with Gasteiger partial charge in [0.25, 0.3) is 0 Å². The van der Waals surface area contributed by atoms with E-state index in [0.29, 0.717) is 18.1 Å². The fourth-order valence-corrected chi connectivity index (χ4v) is 3.60. The summed E-state index contributed by atoms with van der Waals surface area (Å²) in [6.45, 7) is 5.96. The molecular formula is C19H27ClN4O2. The highest BCUT2D eigenvalue weighted by atomic mass is 35.5. The van der Waals surface area contributed by atoms with Gasteiger partial charge in [-0.3, -0.25) is 19.4 Å². The van der Waals surface area contributed by atoms with Gasteiger partial charge in [-0.05, 0) is 43.5 Å². The molecule has 1 aromatic carbocycles. The summed E-state index contributed by atoms with van der Waals surface area (Å²) < 4.78 is 0. The molecule has 0 bridgehead atoms. The van der Waals surface area contributed by atoms with Gasteiger partial charge in [0.2, 0.25) is 11.8 Å². The van der Waals surface area contributed by atoms with Gasteiger partial charge in [-0.1, -0.05) is 11.6 Å². The number of piperazine rings is 1. The lowest BCUT2D eigenvalue weighted by Gasteiger charge is -2.35. The number of hydrogen-bond acceptors (Lipinski definition) is 4. The summed E-state index contributed by atoms with van der Waals surface area (Å²) in [4.78, 5) is 30.8. The summed E-state index contributed by atoms with van der Waals surface area (Å²) in [6, 6.07) is 7.11. The molecule has 0 saturated carbocycles. The van der Waals surface area contributed by atoms with Crippen molar-refractivity contribution in [2.45, 2.75) is 19.3 Å². The zero-order valence-electron chi connectivity index (χ0n) is 15.1. The van der Waals surface area contributed by atoms with Crippen LogP contribution in [0.4, 0.5) is 5.69 Å². The topological polar surface area (TPSA) is 55.9 Å². The predicted molar refractivity (Wildman–Crippen MR) is 103 cm³/mol. The Kier molecular flexibility index (Phi) is 6.88. The van der Waals surface area contributed by atoms with E-state index in [0.717, 1.165) is 57.8 Å². The fourth-order valence-electron chi connectivity index (χ4n) is 3.48. The largest absolute Gasteiger partial charge is 0.342 e. The number of amides is 2. The molecular weight excluding hydrogens is 352 g/mol. The summed E-state index contributed by atoms with van der Waals surface area (Å²) >= 11 is 5.85. The molecule has 2 amide bonds. The molecule has 26 heavy (non-hydrogen) atoms. The van der Waals surface area contributed by atoms with Crippen molar-refractivity contribution in [2.75, 3.05) is 57.7 Å². The second-order valence-electron chi connectivity index (χ2n) is 7.05. The lowest BCUT2D eigenvalue weighted by atomic mass is 10.1. The van der Waals surface area contributed by atoms with E-state index < -0.39 is 0 Å². The van der Waals surface area contributed by atoms with E-state index in [9.17, 15) is 9.59 Å². The maximum Gasteiger partial charge on any atom is 0.238 e. The first-order valence-electron chi connectivity index (χ1n) is 9.38. The molecule has 1 aromatic rings. The van der Waals surface area contributed by atoms with E-state index in [2.05, 4.69) is 15.1 Å². The van der Waals surface area contributed by atoms with Gasteiger partial charge in [0.15, 0.2) is 0 Å². The van der Waals surface area contributed by atoms with Gasteiger partial charge in [0, 0.05) is 50.0 Å². The first-order valence-corrected chi connectivity index (χ1v) is 9.76. The predicted octanol–water partition coefficient (Wildman–Crippen LogP) is 1.91. The molecule has 0 atom stereocenters. The molecule has 0 aromatic heterocycles. The molecule has 1 N–H and O–H groups in total. The standard InChI is InChI=1S/C19H27ClN4O2/c20-16-4-6-17(7-5-16)21-18(25)14-22-10-12-23(13-11-22)15-19(26)24-8-2-1-3-9-24/h4-7H,1-3,8-15H2,(H,21,25). The highest BCUT2D eigenvalue weighted by molar-refractivity contribution is 6.30. The van der Waals surface area contributed by atoms with E-state index in [4.69, 9.17) is 11.6 Å². The summed E-state index contributed by atoms with van der Waals surface area (Å²) in [6.07, 6.45) is 3.49. The molecule has 2 fully saturated rings. The number of rotatable bonds is 5. The average molecular weight is 379 g/mol. The van der Waals surface area contributed by atoms with Crippen molar-refractivity contribution < 1.29 is 9.59 Å². The first kappa shape index (κ1) is 19.1. The molecule has 0 radical (unpaired) electrons. The SMILES string of the molecule is O=C(CN1CCN(CC(=O)N2CCCCC2)CC1)Nc1ccc(Cl)cc1. The van der Waals surface area contributed by atoms with E-state index in [-0.39, 0.29) is 11.8 Å². The number of piperidine rings is 1. The number of anilines is 1. The van der Waals surface area contributed by atoms with E-state index >= 15 is 0 Å². The van der Waals surface area contributed by atoms with Gasteiger partial charge in [-0.2, -0.15) is 0 Å². The van der Waals surface area contributed by atoms with Crippen LogP contribution in [-0.2, 0) is 9.59 Å². The molecule has 0 spiro atoms. The molecule has 2 aliphatic heterocycles. The second-order valence-corrected chi connectivity index (χ2v) is 7.49. The van der Waals surface area contributed by atoms with Crippen molar-refractivity contribution in [3.8, 4) is 0 Å². The van der Waals surface area contributed by atoms with Crippen LogP contribution < -0.4 is 5.32 Å². The molecule has 2 saturated heterocycles. The second kappa shape index (κ2) is 9.35. The van der Waals surface area contributed by atoms with Crippen LogP contribution in [0.3, 0.4) is 0 Å². The third-order valence-corrected chi connectivity index (χ3v) is 5.28. The van der Waals surface area contributed by atoms with Gasteiger partial charge in [0.1, 0.15) is 0 Å². The number of hydrogen-bond donors (Lipinski definition) is 1. The highest BCUT2D eigenvalue weighted by Crippen LogP contribution is 2.14. The van der Waals surface area contributed by atoms with Crippen molar-refractivity contribution in [3.63, 3.8) is 0 Å². The Labute approximate surface area is 160 Å². The normalized spacial score (nSPS) is 19.3. The Bertz CT molecular complexity index is 608. The number of nitrogens with one attached hydrogen (secondary N) is 1. The molecule has 142 valence electrons. The monoisotopic (exact) mass is 378 g/mol. The quantitative estimate of drug-likeness (QED) is 0.850. The molecule has 7 heteroatoms. The Morgan fingerprint density at radius 1 is 0.846 bits per heavy atom. The molecule has 2 aliphatic rings. The van der Waals surface area contributed by atoms with Gasteiger partial charge in [0.05, 0.1) is 13.1 Å². The van der Waals surface area contributed by atoms with Crippen LogP contribution in [0.5, 0.6) is 0 Å². The summed E-state index contributed by atoms with van der Waals surface area (Å²) in [7, 11) is 0. The number of benzene rings is 1. The van der Waals surface area contributed by atoms with Crippen molar-refractivity contribution >= 4 is 29.1 Å². The lowest BCUT2D eigenvalue weighted by Crippen LogP contribution is -2.51. The van der Waals surface area contributed by atoms with E-state index in [1.54, 1.807) is 24.3 Å². The first-order chi connectivity index (χ1) is 12.6. The van der Waals surface area contributed by atoms with Gasteiger partial charge >= 0.3 is 0 Å². The zero-order chi connectivity index (χ0) is 18.4.